The number of aryl methyl sites for hydroxylation is 3. The van der Waals surface area contributed by atoms with E-state index >= 15 is 4.39 Å². The molecule has 0 aliphatic carbocycles. The molecule has 3 aliphatic rings. The van der Waals surface area contributed by atoms with Gasteiger partial charge in [0, 0.05) is 73.4 Å². The molecule has 89 heavy (non-hydrogen) atoms. The maximum absolute atomic E-state index is 15.7. The van der Waals surface area contributed by atoms with Crippen molar-refractivity contribution in [1.29, 1.82) is 0 Å². The number of thiazole rings is 1. The van der Waals surface area contributed by atoms with Gasteiger partial charge in [-0.3, -0.25) is 47.8 Å². The predicted molar refractivity (Wildman–Crippen MR) is 333 cm³/mol. The number of primary amides is 1. The van der Waals surface area contributed by atoms with Gasteiger partial charge in [0.15, 0.2) is 5.78 Å². The number of rotatable bonds is 26. The smallest absolute Gasteiger partial charge is 0.391 e. The molecule has 6 aromatic rings. The van der Waals surface area contributed by atoms with E-state index in [4.69, 9.17) is 10.5 Å². The summed E-state index contributed by atoms with van der Waals surface area (Å²) in [4.78, 5) is 139. The maximum Gasteiger partial charge on any atom is 0.396 e. The van der Waals surface area contributed by atoms with Gasteiger partial charge in [0.2, 0.25) is 29.5 Å². The van der Waals surface area contributed by atoms with E-state index in [0.717, 1.165) is 32.8 Å². The van der Waals surface area contributed by atoms with Gasteiger partial charge >= 0.3 is 7.60 Å². The third kappa shape index (κ3) is 15.5. The summed E-state index contributed by atoms with van der Waals surface area (Å²) in [6.07, 6.45) is 0.480. The second-order valence-corrected chi connectivity index (χ2v) is 27.3. The topological polar surface area (TPSA) is 309 Å². The number of carbonyl (C=O) groups is 8. The fraction of sp³-hybridized carbons (Fsp3) is 0.439. The number of carbonyl (C=O) groups excluding carboxylic acids is 8. The van der Waals surface area contributed by atoms with Crippen molar-refractivity contribution in [2.45, 2.75) is 162 Å². The van der Waals surface area contributed by atoms with E-state index in [1.807, 2.05) is 77.1 Å². The van der Waals surface area contributed by atoms with Crippen molar-refractivity contribution in [3.63, 3.8) is 0 Å². The summed E-state index contributed by atoms with van der Waals surface area (Å²) < 4.78 is 33.6. The number of aromatic nitrogens is 2. The maximum atomic E-state index is 15.7. The molecular formula is C66H77FN7O13PS. The van der Waals surface area contributed by atoms with Crippen molar-refractivity contribution in [3.8, 4) is 10.4 Å². The first-order chi connectivity index (χ1) is 42.1. The SMILES string of the molecule is Cc1ncsc1-c1ccc([C@H](C)NC(=O)[C@@H]2C[C@@H](O)CN2C(=O)[C@@H](CC(=O)CCCCc2ccc(CO[C@H](C)[C@H](CCC(N)=O)NC(=O)[C@@H]3Cc4cccc5c4N3C(=O)[C@@H](CC(=O)c3cc4cc(C(=O)P(=O)(O)O)ccc4[nH]3)CC5)cc2F)C(C)(C)C)cc1. The summed E-state index contributed by atoms with van der Waals surface area (Å²) in [7, 11) is -5.06. The van der Waals surface area contributed by atoms with Crippen LogP contribution >= 0.6 is 18.9 Å². The average Bonchev–Trinajstić information content (AvgIpc) is 1.68. The number of likely N-dealkylation sites (tertiary alicyclic amines) is 1. The highest BCUT2D eigenvalue weighted by Gasteiger charge is 2.46. The molecule has 1 fully saturated rings. The molecule has 0 saturated carbocycles. The number of nitrogens with two attached hydrogens (primary N) is 1. The Morgan fingerprint density at radius 2 is 1.65 bits per heavy atom. The molecule has 8 atom stereocenters. The number of halogens is 1. The van der Waals surface area contributed by atoms with Crippen molar-refractivity contribution in [1.82, 2.24) is 25.5 Å². The monoisotopic (exact) mass is 1260 g/mol. The number of hydrogen-bond acceptors (Lipinski definition) is 13. The van der Waals surface area contributed by atoms with Crippen molar-refractivity contribution in [2.24, 2.45) is 23.0 Å². The van der Waals surface area contributed by atoms with Crippen molar-refractivity contribution in [2.75, 3.05) is 11.4 Å². The molecule has 0 spiro atoms. The second kappa shape index (κ2) is 27.7. The largest absolute Gasteiger partial charge is 0.396 e. The molecule has 0 unspecified atom stereocenters. The van der Waals surface area contributed by atoms with Gasteiger partial charge in [-0.1, -0.05) is 75.4 Å². The molecule has 5 amide bonds. The van der Waals surface area contributed by atoms with E-state index in [-0.39, 0.29) is 93.0 Å². The Hall–Kier alpha value is -7.59. The summed E-state index contributed by atoms with van der Waals surface area (Å²) in [6.45, 7) is 11.1. The summed E-state index contributed by atoms with van der Waals surface area (Å²) in [6, 6.07) is 20.5. The molecule has 0 radical (unpaired) electrons. The number of unbranched alkanes of at least 4 members (excludes halogenated alkanes) is 1. The van der Waals surface area contributed by atoms with Crippen molar-refractivity contribution < 1.29 is 66.9 Å². The lowest BCUT2D eigenvalue weighted by Crippen LogP contribution is -2.54. The number of aliphatic hydroxyl groups is 1. The number of H-pyrrole nitrogens is 1. The number of benzene rings is 4. The van der Waals surface area contributed by atoms with E-state index in [1.54, 1.807) is 35.9 Å². The van der Waals surface area contributed by atoms with Crippen LogP contribution < -0.4 is 21.3 Å². The number of ether oxygens (including phenoxy) is 1. The van der Waals surface area contributed by atoms with Gasteiger partial charge < -0.3 is 45.9 Å². The number of hydrogen-bond donors (Lipinski definition) is 7. The molecule has 0 bridgehead atoms. The van der Waals surface area contributed by atoms with Crippen LogP contribution in [-0.2, 0) is 63.9 Å². The van der Waals surface area contributed by atoms with Gasteiger partial charge in [-0.25, -0.2) is 9.37 Å². The number of anilines is 1. The minimum atomic E-state index is -5.06. The highest BCUT2D eigenvalue weighted by atomic mass is 32.1. The molecule has 8 N–H and O–H groups in total. The molecule has 1 saturated heterocycles. The third-order valence-electron chi connectivity index (χ3n) is 17.5. The lowest BCUT2D eigenvalue weighted by atomic mass is 9.76. The van der Waals surface area contributed by atoms with Crippen LogP contribution in [0.3, 0.4) is 0 Å². The zero-order chi connectivity index (χ0) is 64.2. The van der Waals surface area contributed by atoms with Gasteiger partial charge in [0.1, 0.15) is 23.7 Å². The second-order valence-electron chi connectivity index (χ2n) is 25.0. The van der Waals surface area contributed by atoms with Crippen LogP contribution in [0.4, 0.5) is 10.1 Å². The average molecular weight is 1260 g/mol. The quantitative estimate of drug-likeness (QED) is 0.0152. The number of nitrogens with zero attached hydrogens (tertiary/aromatic N) is 3. The summed E-state index contributed by atoms with van der Waals surface area (Å²) in [5.74, 6) is -4.93. The van der Waals surface area contributed by atoms with Crippen LogP contribution in [0.2, 0.25) is 0 Å². The van der Waals surface area contributed by atoms with E-state index < -0.39 is 90.0 Å². The fourth-order valence-corrected chi connectivity index (χ4v) is 13.7. The van der Waals surface area contributed by atoms with Gasteiger partial charge in [-0.15, -0.1) is 11.3 Å². The number of aliphatic hydroxyl groups excluding tert-OH is 1. The van der Waals surface area contributed by atoms with E-state index in [0.29, 0.717) is 59.8 Å². The Labute approximate surface area is 519 Å². The van der Waals surface area contributed by atoms with Crippen LogP contribution in [0.25, 0.3) is 21.3 Å². The van der Waals surface area contributed by atoms with E-state index in [2.05, 4.69) is 20.6 Å². The Bertz CT molecular complexity index is 3740. The number of ketones is 2. The number of para-hydroxylation sites is 1. The van der Waals surface area contributed by atoms with Gasteiger partial charge in [-0.2, -0.15) is 0 Å². The first-order valence-electron chi connectivity index (χ1n) is 30.1. The Morgan fingerprint density at radius 1 is 0.921 bits per heavy atom. The third-order valence-corrected chi connectivity index (χ3v) is 19.2. The Morgan fingerprint density at radius 3 is 2.34 bits per heavy atom. The van der Waals surface area contributed by atoms with Crippen molar-refractivity contribution >= 4 is 82.1 Å². The number of Topliss-reactive ketones (excluding diaryl/α,β-unsaturated/α-hetero) is 2. The molecule has 2 aromatic heterocycles. The fourth-order valence-electron chi connectivity index (χ4n) is 12.4. The molecule has 5 heterocycles. The summed E-state index contributed by atoms with van der Waals surface area (Å²) >= 11 is 1.55. The van der Waals surface area contributed by atoms with E-state index in [9.17, 15) is 57.8 Å². The van der Waals surface area contributed by atoms with Gasteiger partial charge in [0.05, 0.1) is 58.4 Å². The lowest BCUT2D eigenvalue weighted by Gasteiger charge is -2.35. The lowest BCUT2D eigenvalue weighted by molar-refractivity contribution is -0.146. The molecular weight excluding hydrogens is 1180 g/mol. The highest BCUT2D eigenvalue weighted by molar-refractivity contribution is 7.70. The van der Waals surface area contributed by atoms with Crippen LogP contribution in [-0.4, -0.2) is 113 Å². The predicted octanol–water partition coefficient (Wildman–Crippen LogP) is 8.68. The number of amides is 5. The molecule has 9 rings (SSSR count). The standard InChI is InChI=1S/C66H77FN7O13PS/c1-36(40-16-19-43(20-17-40)60-37(2)69-35-89-60)70-61(79)55-32-49(76)33-73(55)64(82)50(66(4,5)6)31-48(75)13-8-7-10-41-15-14-39(26-51(41)67)34-87-38(3)52(24-25-58(68)78)72-62(80)56-29-44-12-9-11-42-18-21-45(63(81)74(56)59(42)44)30-57(77)54-28-47-27-46(22-23-53(47)71-54)65(83)88(84,85)86/h9,11-12,14-17,19-20,22-23,26-28,35-36,38,45,49-50,52,55-56,71,76H,7-8,10,13,18,21,24-25,29-34H2,1-6H3,(H2,68,78)(H,70,79)(H,72,80)(H2,84,85,86)/t36-,38+,45+,49+,50+,52-,55-,56-/m0/s1. The first kappa shape index (κ1) is 65.8. The van der Waals surface area contributed by atoms with Gasteiger partial charge in [0.25, 0.3) is 5.52 Å². The molecule has 20 nitrogen and oxygen atoms in total. The summed E-state index contributed by atoms with van der Waals surface area (Å²) in [5, 5.41) is 17.2. The number of β-amino-alcohol motifs (C(OH)–C–C–N with tert-alkyl or cyclic N) is 1. The summed E-state index contributed by atoms with van der Waals surface area (Å²) in [5.41, 5.74) is 11.7. The number of aromatic amines is 1. The van der Waals surface area contributed by atoms with E-state index in [1.165, 1.54) is 40.1 Å². The van der Waals surface area contributed by atoms with Gasteiger partial charge in [-0.05, 0) is 128 Å². The minimum absolute atomic E-state index is 0.0288. The minimum Gasteiger partial charge on any atom is -0.391 e. The zero-order valence-electron chi connectivity index (χ0n) is 50.8. The zero-order valence-corrected chi connectivity index (χ0v) is 52.5. The Kier molecular flexibility index (Phi) is 20.5. The number of nitrogens with one attached hydrogen (secondary N) is 3. The van der Waals surface area contributed by atoms with Crippen molar-refractivity contribution in [3.05, 3.63) is 141 Å². The van der Waals surface area contributed by atoms with Crippen LogP contribution in [0.1, 0.15) is 153 Å². The molecule has 3 aliphatic heterocycles. The Balaban J connectivity index is 0.764. The molecule has 23 heteroatoms. The van der Waals surface area contributed by atoms with Crippen LogP contribution in [0.15, 0.2) is 90.4 Å². The van der Waals surface area contributed by atoms with Crippen LogP contribution in [0, 0.1) is 30.0 Å². The first-order valence-corrected chi connectivity index (χ1v) is 32.6. The molecule has 4 aromatic carbocycles. The number of fused-ring (bicyclic) bond motifs is 1. The van der Waals surface area contributed by atoms with Crippen LogP contribution in [0.5, 0.6) is 0 Å². The molecule has 472 valence electrons. The normalized spacial score (nSPS) is 18.9. The highest BCUT2D eigenvalue weighted by Crippen LogP contribution is 2.43.